The normalized spacial score (nSPS) is 14.3. The van der Waals surface area contributed by atoms with E-state index in [-0.39, 0.29) is 5.95 Å². The summed E-state index contributed by atoms with van der Waals surface area (Å²) in [5.74, 6) is 2.71. The maximum atomic E-state index is 11.8. The van der Waals surface area contributed by atoms with Crippen LogP contribution in [-0.2, 0) is 24.9 Å². The Kier molecular flexibility index (Phi) is 8.87. The Morgan fingerprint density at radius 1 is 1.12 bits per heavy atom. The van der Waals surface area contributed by atoms with Gasteiger partial charge in [-0.25, -0.2) is 14.8 Å². The highest BCUT2D eigenvalue weighted by Gasteiger charge is 2.23. The van der Waals surface area contributed by atoms with Gasteiger partial charge in [0.1, 0.15) is 28.8 Å². The molecule has 41 heavy (non-hydrogen) atoms. The molecule has 4 aromatic heterocycles. The first-order chi connectivity index (χ1) is 20.0. The van der Waals surface area contributed by atoms with E-state index in [0.29, 0.717) is 23.8 Å². The number of nitrogens with zero attached hydrogens (tertiary/aromatic N) is 9. The SMILES string of the molecule is CCCCNc1nc(NC(=O)OC)nc2cnn(Cc3ncc(C4CCN(Cc5ncn(C)n5)CC4)cc3OC)c12. The van der Waals surface area contributed by atoms with Gasteiger partial charge in [0.05, 0.1) is 33.5 Å². The summed E-state index contributed by atoms with van der Waals surface area (Å²) in [7, 11) is 4.85. The molecule has 0 bridgehead atoms. The molecule has 1 saturated heterocycles. The molecule has 0 radical (unpaired) electrons. The lowest BCUT2D eigenvalue weighted by Gasteiger charge is -2.31. The van der Waals surface area contributed by atoms with Gasteiger partial charge in [0.25, 0.3) is 0 Å². The minimum atomic E-state index is -0.638. The van der Waals surface area contributed by atoms with Gasteiger partial charge in [0.15, 0.2) is 11.6 Å². The van der Waals surface area contributed by atoms with Crippen LogP contribution in [0, 0.1) is 0 Å². The van der Waals surface area contributed by atoms with Crippen molar-refractivity contribution in [2.45, 2.75) is 51.6 Å². The van der Waals surface area contributed by atoms with Gasteiger partial charge in [-0.2, -0.15) is 15.2 Å². The summed E-state index contributed by atoms with van der Waals surface area (Å²) in [6, 6.07) is 2.10. The second kappa shape index (κ2) is 12.9. The van der Waals surface area contributed by atoms with Gasteiger partial charge in [0, 0.05) is 19.8 Å². The number of carbonyl (C=O) groups excluding carboxylic acids is 1. The number of piperidine rings is 1. The summed E-state index contributed by atoms with van der Waals surface area (Å²) >= 11 is 0. The Labute approximate surface area is 238 Å². The number of fused-ring (bicyclic) bond motifs is 1. The number of nitrogens with one attached hydrogen (secondary N) is 2. The summed E-state index contributed by atoms with van der Waals surface area (Å²) in [5, 5.41) is 14.9. The Morgan fingerprint density at radius 3 is 2.66 bits per heavy atom. The fourth-order valence-electron chi connectivity index (χ4n) is 5.05. The average Bonchev–Trinajstić information content (AvgIpc) is 3.59. The van der Waals surface area contributed by atoms with Crippen molar-refractivity contribution in [1.29, 1.82) is 0 Å². The van der Waals surface area contributed by atoms with Crippen molar-refractivity contribution in [2.24, 2.45) is 7.05 Å². The number of rotatable bonds is 11. The zero-order valence-corrected chi connectivity index (χ0v) is 24.0. The molecule has 0 atom stereocenters. The molecule has 14 nitrogen and oxygen atoms in total. The fraction of sp³-hybridized carbons (Fsp3) is 0.519. The van der Waals surface area contributed by atoms with E-state index in [1.54, 1.807) is 29.0 Å². The third-order valence-corrected chi connectivity index (χ3v) is 7.25. The Hall–Kier alpha value is -4.33. The second-order valence-corrected chi connectivity index (χ2v) is 10.1. The topological polar surface area (TPSA) is 150 Å². The molecular weight excluding hydrogens is 526 g/mol. The van der Waals surface area contributed by atoms with Gasteiger partial charge < -0.3 is 14.8 Å². The molecule has 218 valence electrons. The molecule has 0 saturated carbocycles. The number of carbonyl (C=O) groups is 1. The smallest absolute Gasteiger partial charge is 0.413 e. The van der Waals surface area contributed by atoms with Gasteiger partial charge in [-0.1, -0.05) is 13.3 Å². The molecule has 1 fully saturated rings. The third-order valence-electron chi connectivity index (χ3n) is 7.25. The van der Waals surface area contributed by atoms with Crippen LogP contribution >= 0.6 is 0 Å². The van der Waals surface area contributed by atoms with Crippen LogP contribution in [0.15, 0.2) is 24.8 Å². The number of hydrogen-bond donors (Lipinski definition) is 2. The van der Waals surface area contributed by atoms with E-state index in [0.717, 1.165) is 74.6 Å². The second-order valence-electron chi connectivity index (χ2n) is 10.1. The van der Waals surface area contributed by atoms with Gasteiger partial charge in [0.2, 0.25) is 5.95 Å². The van der Waals surface area contributed by atoms with Gasteiger partial charge in [-0.15, -0.1) is 0 Å². The largest absolute Gasteiger partial charge is 0.495 e. The lowest BCUT2D eigenvalue weighted by atomic mass is 9.90. The van der Waals surface area contributed by atoms with Crippen molar-refractivity contribution in [3.8, 4) is 5.75 Å². The molecule has 0 aliphatic carbocycles. The highest BCUT2D eigenvalue weighted by Crippen LogP contribution is 2.32. The van der Waals surface area contributed by atoms with E-state index in [9.17, 15) is 4.79 Å². The molecule has 5 rings (SSSR count). The number of ether oxygens (including phenoxy) is 2. The Bertz CT molecular complexity index is 1480. The number of anilines is 2. The zero-order valence-electron chi connectivity index (χ0n) is 24.0. The van der Waals surface area contributed by atoms with Crippen molar-refractivity contribution in [3.63, 3.8) is 0 Å². The van der Waals surface area contributed by atoms with Gasteiger partial charge in [-0.3, -0.25) is 24.6 Å². The number of amides is 1. The third kappa shape index (κ3) is 6.70. The van der Waals surface area contributed by atoms with Crippen LogP contribution in [0.5, 0.6) is 5.75 Å². The molecule has 0 unspecified atom stereocenters. The molecule has 2 N–H and O–H groups in total. The number of unbranched alkanes of at least 4 members (excludes halogenated alkanes) is 1. The maximum absolute atomic E-state index is 11.8. The average molecular weight is 564 g/mol. The Balaban J connectivity index is 1.32. The van der Waals surface area contributed by atoms with Crippen molar-refractivity contribution in [1.82, 2.24) is 44.4 Å². The molecule has 0 aromatic carbocycles. The highest BCUT2D eigenvalue weighted by molar-refractivity contribution is 5.89. The predicted molar refractivity (Wildman–Crippen MR) is 153 cm³/mol. The lowest BCUT2D eigenvalue weighted by molar-refractivity contribution is 0.186. The number of hydrogen-bond acceptors (Lipinski definition) is 11. The molecule has 14 heteroatoms. The maximum Gasteiger partial charge on any atom is 0.413 e. The summed E-state index contributed by atoms with van der Waals surface area (Å²) in [6.45, 7) is 5.94. The van der Waals surface area contributed by atoms with Crippen LogP contribution in [0.3, 0.4) is 0 Å². The van der Waals surface area contributed by atoms with Gasteiger partial charge >= 0.3 is 6.09 Å². The molecule has 1 aliphatic rings. The quantitative estimate of drug-likeness (QED) is 0.259. The van der Waals surface area contributed by atoms with Crippen LogP contribution in [0.1, 0.15) is 55.6 Å². The summed E-state index contributed by atoms with van der Waals surface area (Å²) in [6.07, 6.45) is 8.78. The molecule has 1 amide bonds. The number of methoxy groups -OCH3 is 2. The van der Waals surface area contributed by atoms with E-state index < -0.39 is 6.09 Å². The van der Waals surface area contributed by atoms with Crippen LogP contribution in [0.25, 0.3) is 11.0 Å². The fourth-order valence-corrected chi connectivity index (χ4v) is 5.05. The van der Waals surface area contributed by atoms with E-state index in [1.165, 1.54) is 12.7 Å². The van der Waals surface area contributed by atoms with E-state index in [2.05, 4.69) is 53.7 Å². The number of likely N-dealkylation sites (tertiary alicyclic amines) is 1. The van der Waals surface area contributed by atoms with E-state index in [4.69, 9.17) is 14.5 Å². The Morgan fingerprint density at radius 2 is 1.95 bits per heavy atom. The number of pyridine rings is 1. The molecule has 5 heterocycles. The minimum absolute atomic E-state index is 0.144. The van der Waals surface area contributed by atoms with Crippen LogP contribution in [0.2, 0.25) is 0 Å². The van der Waals surface area contributed by atoms with Crippen molar-refractivity contribution >= 4 is 28.9 Å². The summed E-state index contributed by atoms with van der Waals surface area (Å²) < 4.78 is 14.0. The standard InChI is InChI=1S/C27H37N11O3/c1-5-6-9-28-25-24-20(32-26(33-25)34-27(39)41-4)14-31-38(24)15-21-22(40-3)12-19(13-29-21)18-7-10-37(11-8-18)16-23-30-17-36(2)35-23/h12-14,17-18H,5-11,15-16H2,1-4H3,(H2,28,32,33,34,39). The van der Waals surface area contributed by atoms with Gasteiger partial charge in [-0.05, 0) is 49.9 Å². The zero-order chi connectivity index (χ0) is 28.8. The lowest BCUT2D eigenvalue weighted by Crippen LogP contribution is -2.33. The van der Waals surface area contributed by atoms with E-state index >= 15 is 0 Å². The molecular formula is C27H37N11O3. The minimum Gasteiger partial charge on any atom is -0.495 e. The van der Waals surface area contributed by atoms with Crippen LogP contribution in [-0.4, -0.2) is 84.3 Å². The van der Waals surface area contributed by atoms with Crippen molar-refractivity contribution < 1.29 is 14.3 Å². The summed E-state index contributed by atoms with van der Waals surface area (Å²) in [4.78, 5) is 32.3. The van der Waals surface area contributed by atoms with Crippen molar-refractivity contribution in [3.05, 3.63) is 41.9 Å². The molecule has 0 spiro atoms. The first kappa shape index (κ1) is 28.2. The van der Waals surface area contributed by atoms with E-state index in [1.807, 2.05) is 13.2 Å². The monoisotopic (exact) mass is 563 g/mol. The molecule has 4 aromatic rings. The number of aromatic nitrogens is 8. The van der Waals surface area contributed by atoms with Crippen molar-refractivity contribution in [2.75, 3.05) is 44.5 Å². The predicted octanol–water partition coefficient (Wildman–Crippen LogP) is 3.18. The van der Waals surface area contributed by atoms with Crippen LogP contribution < -0.4 is 15.4 Å². The molecule has 1 aliphatic heterocycles. The summed E-state index contributed by atoms with van der Waals surface area (Å²) in [5.41, 5.74) is 3.25. The first-order valence-electron chi connectivity index (χ1n) is 13.9. The first-order valence-corrected chi connectivity index (χ1v) is 13.9. The number of aryl methyl sites for hydroxylation is 1. The highest BCUT2D eigenvalue weighted by atomic mass is 16.5. The van der Waals surface area contributed by atoms with Crippen LogP contribution in [0.4, 0.5) is 16.6 Å².